The minimum Gasteiger partial charge on any atom is -0.475 e. The molecule has 0 radical (unpaired) electrons. The maximum atomic E-state index is 13.2. The quantitative estimate of drug-likeness (QED) is 0.246. The minimum atomic E-state index is -5.08. The zero-order chi connectivity index (χ0) is 30.1. The van der Waals surface area contributed by atoms with Crippen LogP contribution in [0.5, 0.6) is 0 Å². The van der Waals surface area contributed by atoms with Crippen molar-refractivity contribution in [3.63, 3.8) is 0 Å². The van der Waals surface area contributed by atoms with E-state index in [0.29, 0.717) is 71.7 Å². The van der Waals surface area contributed by atoms with Crippen LogP contribution in [0.25, 0.3) is 0 Å². The van der Waals surface area contributed by atoms with Crippen molar-refractivity contribution in [1.29, 1.82) is 0 Å². The third-order valence-electron chi connectivity index (χ3n) is 5.66. The number of nitrogens with one attached hydrogen (secondary N) is 1. The molecule has 222 valence electrons. The fourth-order valence-corrected chi connectivity index (χ4v) is 3.66. The highest BCUT2D eigenvalue weighted by Gasteiger charge is 2.38. The molecule has 0 saturated carbocycles. The molecule has 3 rings (SSSR count). The molecule has 0 aromatic heterocycles. The van der Waals surface area contributed by atoms with Crippen LogP contribution >= 0.6 is 0 Å². The number of carboxylic acid groups (broad SMARTS) is 1. The summed E-state index contributed by atoms with van der Waals surface area (Å²) in [6, 6.07) is 15.7. The molecule has 41 heavy (non-hydrogen) atoms. The Labute approximate surface area is 236 Å². The molecule has 2 amide bonds. The number of amides is 2. The summed E-state index contributed by atoms with van der Waals surface area (Å²) in [4.78, 5) is 35.9. The van der Waals surface area contributed by atoms with Crippen molar-refractivity contribution in [3.8, 4) is 11.8 Å². The maximum absolute atomic E-state index is 13.2. The summed E-state index contributed by atoms with van der Waals surface area (Å²) in [6.45, 7) is 3.38. The van der Waals surface area contributed by atoms with Gasteiger partial charge >= 0.3 is 12.1 Å². The molecular weight excluding hydrogens is 543 g/mol. The summed E-state index contributed by atoms with van der Waals surface area (Å²) in [5.41, 5.74) is 8.99. The Morgan fingerprint density at radius 2 is 1.49 bits per heavy atom. The smallest absolute Gasteiger partial charge is 0.475 e. The van der Waals surface area contributed by atoms with Crippen LogP contribution < -0.4 is 16.0 Å². The number of alkyl halides is 3. The molecule has 0 bridgehead atoms. The third kappa shape index (κ3) is 12.4. The lowest BCUT2D eigenvalue weighted by atomic mass is 10.0. The summed E-state index contributed by atoms with van der Waals surface area (Å²) >= 11 is 0. The fraction of sp³-hybridized carbons (Fsp3) is 0.414. The van der Waals surface area contributed by atoms with Crippen LogP contribution in [-0.4, -0.2) is 68.6 Å². The topological polar surface area (TPSA) is 131 Å². The number of unbranched alkanes of at least 4 members (excludes halogenated alkanes) is 1. The molecule has 2 aromatic carbocycles. The van der Waals surface area contributed by atoms with Gasteiger partial charge in [-0.3, -0.25) is 9.59 Å². The number of hydrogen-bond donors (Lipinski definition) is 3. The van der Waals surface area contributed by atoms with Crippen LogP contribution in [0.3, 0.4) is 0 Å². The van der Waals surface area contributed by atoms with E-state index in [0.717, 1.165) is 22.4 Å². The molecule has 0 spiro atoms. The number of hydrogen-bond acceptors (Lipinski definition) is 6. The van der Waals surface area contributed by atoms with Gasteiger partial charge in [0.2, 0.25) is 11.8 Å². The van der Waals surface area contributed by atoms with E-state index >= 15 is 0 Å². The first-order valence-electron chi connectivity index (χ1n) is 13.0. The van der Waals surface area contributed by atoms with Crippen molar-refractivity contribution >= 4 is 23.5 Å². The second-order valence-electron chi connectivity index (χ2n) is 8.78. The molecule has 9 nitrogen and oxygen atoms in total. The molecular formula is C29H34F3N3O6. The highest BCUT2D eigenvalue weighted by molar-refractivity contribution is 5.95. The lowest BCUT2D eigenvalue weighted by Crippen LogP contribution is -2.31. The average molecular weight is 578 g/mol. The molecule has 1 aliphatic heterocycles. The summed E-state index contributed by atoms with van der Waals surface area (Å²) in [5, 5.41) is 9.97. The van der Waals surface area contributed by atoms with E-state index in [1.54, 1.807) is 0 Å². The van der Waals surface area contributed by atoms with Gasteiger partial charge in [0.05, 0.1) is 38.7 Å². The number of para-hydroxylation sites is 1. The first kappa shape index (κ1) is 33.3. The van der Waals surface area contributed by atoms with Gasteiger partial charge in [-0.15, -0.1) is 0 Å². The number of anilines is 1. The standard InChI is InChI=1S/C27H33N3O4.C2HF3O2/c28-15-17-33-19-20-34-18-16-29-26(31)11-5-6-12-27(32)30-21-24-9-2-1-7-22(24)13-14-23-8-3-4-10-25(23)30;3-2(4,5)1(6)7/h1-4,7-10H,5-6,11-12,15-21,28H2,(H,29,31);(H,6,7). The molecule has 0 saturated heterocycles. The van der Waals surface area contributed by atoms with E-state index in [1.807, 2.05) is 53.4 Å². The molecule has 12 heteroatoms. The van der Waals surface area contributed by atoms with Gasteiger partial charge in [0.1, 0.15) is 0 Å². The highest BCUT2D eigenvalue weighted by atomic mass is 19.4. The number of aliphatic carboxylic acids is 1. The molecule has 2 aromatic rings. The number of carboxylic acids is 1. The van der Waals surface area contributed by atoms with E-state index in [2.05, 4.69) is 17.2 Å². The first-order chi connectivity index (χ1) is 19.6. The van der Waals surface area contributed by atoms with Crippen molar-refractivity contribution in [2.24, 2.45) is 5.73 Å². The number of carbonyl (C=O) groups excluding carboxylic acids is 2. The summed E-state index contributed by atoms with van der Waals surface area (Å²) < 4.78 is 42.3. The number of benzene rings is 2. The number of halogens is 3. The van der Waals surface area contributed by atoms with Crippen molar-refractivity contribution in [3.05, 3.63) is 65.2 Å². The predicted octanol–water partition coefficient (Wildman–Crippen LogP) is 3.23. The minimum absolute atomic E-state index is 0.0313. The Balaban J connectivity index is 0.000000745. The van der Waals surface area contributed by atoms with Gasteiger partial charge in [0.25, 0.3) is 0 Å². The van der Waals surface area contributed by atoms with Crippen molar-refractivity contribution in [1.82, 2.24) is 5.32 Å². The number of ether oxygens (including phenoxy) is 2. The zero-order valence-corrected chi connectivity index (χ0v) is 22.5. The van der Waals surface area contributed by atoms with Crippen molar-refractivity contribution in [2.45, 2.75) is 38.4 Å². The zero-order valence-electron chi connectivity index (χ0n) is 22.5. The van der Waals surface area contributed by atoms with Gasteiger partial charge in [-0.25, -0.2) is 4.79 Å². The lowest BCUT2D eigenvalue weighted by Gasteiger charge is -2.26. The molecule has 0 unspecified atom stereocenters. The van der Waals surface area contributed by atoms with Gasteiger partial charge < -0.3 is 30.5 Å². The molecule has 0 fully saturated rings. The number of rotatable bonds is 13. The molecule has 0 atom stereocenters. The van der Waals surface area contributed by atoms with E-state index < -0.39 is 12.1 Å². The monoisotopic (exact) mass is 577 g/mol. The lowest BCUT2D eigenvalue weighted by molar-refractivity contribution is -0.192. The van der Waals surface area contributed by atoms with Crippen LogP contribution in [0, 0.1) is 11.8 Å². The van der Waals surface area contributed by atoms with Gasteiger partial charge in [0.15, 0.2) is 0 Å². The first-order valence-corrected chi connectivity index (χ1v) is 13.0. The third-order valence-corrected chi connectivity index (χ3v) is 5.66. The Morgan fingerprint density at radius 1 is 0.902 bits per heavy atom. The van der Waals surface area contributed by atoms with E-state index in [4.69, 9.17) is 25.1 Å². The van der Waals surface area contributed by atoms with Crippen LogP contribution in [-0.2, 0) is 30.4 Å². The van der Waals surface area contributed by atoms with E-state index in [1.165, 1.54) is 0 Å². The Bertz CT molecular complexity index is 1210. The maximum Gasteiger partial charge on any atom is 0.490 e. The Kier molecular flexibility index (Phi) is 14.4. The SMILES string of the molecule is NCCOCCOCCNC(=O)CCCCC(=O)N1Cc2ccccc2C#Cc2ccccc21.O=C(O)C(F)(F)F. The fourth-order valence-electron chi connectivity index (χ4n) is 3.66. The van der Waals surface area contributed by atoms with Gasteiger partial charge in [-0.05, 0) is 36.6 Å². The van der Waals surface area contributed by atoms with Crippen LogP contribution in [0.2, 0.25) is 0 Å². The van der Waals surface area contributed by atoms with Crippen LogP contribution in [0.1, 0.15) is 42.4 Å². The number of nitrogens with zero attached hydrogens (tertiary/aromatic N) is 1. The summed E-state index contributed by atoms with van der Waals surface area (Å²) in [5.74, 6) is 3.69. The predicted molar refractivity (Wildman–Crippen MR) is 146 cm³/mol. The van der Waals surface area contributed by atoms with E-state index in [9.17, 15) is 22.8 Å². The summed E-state index contributed by atoms with van der Waals surface area (Å²) in [6.07, 6.45) is -3.02. The second kappa shape index (κ2) is 17.7. The number of nitrogens with two attached hydrogens (primary N) is 1. The molecule has 1 aliphatic rings. The average Bonchev–Trinajstić information content (AvgIpc) is 2.93. The number of carbonyl (C=O) groups is 3. The summed E-state index contributed by atoms with van der Waals surface area (Å²) in [7, 11) is 0. The van der Waals surface area contributed by atoms with Crippen molar-refractivity contribution in [2.75, 3.05) is 44.4 Å². The molecule has 0 aliphatic carbocycles. The van der Waals surface area contributed by atoms with Gasteiger partial charge in [-0.1, -0.05) is 42.2 Å². The molecule has 4 N–H and O–H groups in total. The highest BCUT2D eigenvalue weighted by Crippen LogP contribution is 2.26. The normalized spacial score (nSPS) is 11.9. The van der Waals surface area contributed by atoms with Crippen molar-refractivity contribution < 1.29 is 42.1 Å². The Morgan fingerprint density at radius 3 is 2.17 bits per heavy atom. The van der Waals surface area contributed by atoms with E-state index in [-0.39, 0.29) is 11.8 Å². The number of fused-ring (bicyclic) bond motifs is 2. The van der Waals surface area contributed by atoms with Crippen LogP contribution in [0.15, 0.2) is 48.5 Å². The largest absolute Gasteiger partial charge is 0.490 e. The van der Waals surface area contributed by atoms with Gasteiger partial charge in [0, 0.05) is 37.1 Å². The Hall–Kier alpha value is -3.92. The second-order valence-corrected chi connectivity index (χ2v) is 8.78. The molecule has 1 heterocycles. The van der Waals surface area contributed by atoms with Crippen LogP contribution in [0.4, 0.5) is 18.9 Å². The van der Waals surface area contributed by atoms with Gasteiger partial charge in [-0.2, -0.15) is 13.2 Å².